The van der Waals surface area contributed by atoms with E-state index in [0.29, 0.717) is 5.92 Å². The molecule has 7 heteroatoms. The third-order valence-electron chi connectivity index (χ3n) is 5.16. The Hall–Kier alpha value is -3.06. The van der Waals surface area contributed by atoms with Crippen molar-refractivity contribution in [3.8, 4) is 11.4 Å². The standard InChI is InChI=1S/C20H20N6O/c1-3-9-21-17(5-1)18-13-16(27-24-18)14-25-11-7-15(8-12-25)20-23-22-19-6-2-4-10-26(19)20/h1-6,9-10,13,15H,7-8,11-12,14H2. The van der Waals surface area contributed by atoms with Gasteiger partial charge < -0.3 is 4.52 Å². The molecule has 0 aromatic carbocycles. The molecule has 0 radical (unpaired) electrons. The molecule has 0 aliphatic carbocycles. The largest absolute Gasteiger partial charge is 0.359 e. The average molecular weight is 360 g/mol. The number of piperidine rings is 1. The predicted molar refractivity (Wildman–Crippen MR) is 100.0 cm³/mol. The third-order valence-corrected chi connectivity index (χ3v) is 5.16. The monoisotopic (exact) mass is 360 g/mol. The predicted octanol–water partition coefficient (Wildman–Crippen LogP) is 3.16. The maximum Gasteiger partial charge on any atom is 0.160 e. The zero-order valence-electron chi connectivity index (χ0n) is 14.9. The zero-order chi connectivity index (χ0) is 18.1. The Morgan fingerprint density at radius 1 is 1.00 bits per heavy atom. The summed E-state index contributed by atoms with van der Waals surface area (Å²) < 4.78 is 7.63. The smallest absolute Gasteiger partial charge is 0.160 e. The van der Waals surface area contributed by atoms with Crippen molar-refractivity contribution in [2.75, 3.05) is 13.1 Å². The Kier molecular flexibility index (Phi) is 4.14. The molecule has 4 aromatic rings. The topological polar surface area (TPSA) is 72.4 Å². The first kappa shape index (κ1) is 16.1. The Labute approximate surface area is 156 Å². The first-order valence-corrected chi connectivity index (χ1v) is 9.26. The molecule has 1 aliphatic heterocycles. The normalized spacial score (nSPS) is 16.1. The SMILES string of the molecule is c1ccc(-c2cc(CN3CCC(c4nnc5ccccn45)CC3)on2)nc1. The Bertz CT molecular complexity index is 1030. The van der Waals surface area contributed by atoms with Crippen LogP contribution in [-0.2, 0) is 6.54 Å². The van der Waals surface area contributed by atoms with Crippen LogP contribution in [0.4, 0.5) is 0 Å². The van der Waals surface area contributed by atoms with Crippen molar-refractivity contribution >= 4 is 5.65 Å². The number of hydrogen-bond donors (Lipinski definition) is 0. The fraction of sp³-hybridized carbons (Fsp3) is 0.300. The highest BCUT2D eigenvalue weighted by Gasteiger charge is 2.25. The van der Waals surface area contributed by atoms with Crippen molar-refractivity contribution in [1.29, 1.82) is 0 Å². The van der Waals surface area contributed by atoms with Crippen LogP contribution in [0.15, 0.2) is 59.4 Å². The van der Waals surface area contributed by atoms with Crippen LogP contribution in [0.5, 0.6) is 0 Å². The second kappa shape index (κ2) is 6.92. The Morgan fingerprint density at radius 2 is 1.89 bits per heavy atom. The maximum absolute atomic E-state index is 5.52. The number of rotatable bonds is 4. The van der Waals surface area contributed by atoms with Gasteiger partial charge in [0.2, 0.25) is 0 Å². The molecule has 0 saturated carbocycles. The summed E-state index contributed by atoms with van der Waals surface area (Å²) >= 11 is 0. The molecule has 0 unspecified atom stereocenters. The minimum absolute atomic E-state index is 0.442. The molecule has 0 atom stereocenters. The molecule has 1 saturated heterocycles. The lowest BCUT2D eigenvalue weighted by Crippen LogP contribution is -2.32. The maximum atomic E-state index is 5.52. The molecule has 0 amide bonds. The molecule has 7 nitrogen and oxygen atoms in total. The number of nitrogens with zero attached hydrogens (tertiary/aromatic N) is 6. The highest BCUT2D eigenvalue weighted by molar-refractivity contribution is 5.52. The Morgan fingerprint density at radius 3 is 2.74 bits per heavy atom. The van der Waals surface area contributed by atoms with Gasteiger partial charge in [0.1, 0.15) is 11.5 Å². The summed E-state index contributed by atoms with van der Waals surface area (Å²) in [7, 11) is 0. The molecule has 5 heterocycles. The van der Waals surface area contributed by atoms with Gasteiger partial charge in [0.25, 0.3) is 0 Å². The van der Waals surface area contributed by atoms with E-state index in [-0.39, 0.29) is 0 Å². The second-order valence-corrected chi connectivity index (χ2v) is 6.93. The molecule has 136 valence electrons. The van der Waals surface area contributed by atoms with Crippen LogP contribution in [0, 0.1) is 0 Å². The van der Waals surface area contributed by atoms with Crippen LogP contribution >= 0.6 is 0 Å². The van der Waals surface area contributed by atoms with Crippen molar-refractivity contribution in [2.45, 2.75) is 25.3 Å². The highest BCUT2D eigenvalue weighted by atomic mass is 16.5. The number of likely N-dealkylation sites (tertiary alicyclic amines) is 1. The highest BCUT2D eigenvalue weighted by Crippen LogP contribution is 2.28. The van der Waals surface area contributed by atoms with Crippen LogP contribution in [0.1, 0.15) is 30.3 Å². The van der Waals surface area contributed by atoms with Crippen LogP contribution in [-0.4, -0.2) is 42.7 Å². The quantitative estimate of drug-likeness (QED) is 0.557. The third kappa shape index (κ3) is 3.21. The lowest BCUT2D eigenvalue weighted by molar-refractivity contribution is 0.181. The minimum atomic E-state index is 0.442. The summed E-state index contributed by atoms with van der Waals surface area (Å²) in [6.45, 7) is 2.78. The Balaban J connectivity index is 1.23. The van der Waals surface area contributed by atoms with Gasteiger partial charge in [-0.05, 0) is 50.2 Å². The molecule has 0 N–H and O–H groups in total. The van der Waals surface area contributed by atoms with Crippen LogP contribution < -0.4 is 0 Å². The van der Waals surface area contributed by atoms with Crippen LogP contribution in [0.2, 0.25) is 0 Å². The minimum Gasteiger partial charge on any atom is -0.359 e. The lowest BCUT2D eigenvalue weighted by Gasteiger charge is -2.30. The van der Waals surface area contributed by atoms with E-state index in [9.17, 15) is 0 Å². The van der Waals surface area contributed by atoms with Crippen molar-refractivity contribution < 1.29 is 4.52 Å². The molecule has 4 aromatic heterocycles. The average Bonchev–Trinajstić information content (AvgIpc) is 3.37. The number of aromatic nitrogens is 5. The van der Waals surface area contributed by atoms with E-state index >= 15 is 0 Å². The van der Waals surface area contributed by atoms with Gasteiger partial charge in [0.15, 0.2) is 11.4 Å². The van der Waals surface area contributed by atoms with Gasteiger partial charge >= 0.3 is 0 Å². The molecular formula is C20H20N6O. The fourth-order valence-corrected chi connectivity index (χ4v) is 3.73. The van der Waals surface area contributed by atoms with E-state index in [0.717, 1.165) is 61.1 Å². The summed E-state index contributed by atoms with van der Waals surface area (Å²) in [4.78, 5) is 6.73. The van der Waals surface area contributed by atoms with E-state index in [1.807, 2.05) is 48.7 Å². The van der Waals surface area contributed by atoms with Gasteiger partial charge in [-0.3, -0.25) is 14.3 Å². The van der Waals surface area contributed by atoms with Crippen molar-refractivity contribution in [1.82, 2.24) is 29.6 Å². The van der Waals surface area contributed by atoms with Gasteiger partial charge in [-0.15, -0.1) is 10.2 Å². The molecule has 0 bridgehead atoms. The summed E-state index contributed by atoms with van der Waals surface area (Å²) in [5.74, 6) is 2.39. The molecule has 1 fully saturated rings. The van der Waals surface area contributed by atoms with Crippen molar-refractivity contribution in [3.05, 3.63) is 66.4 Å². The van der Waals surface area contributed by atoms with Gasteiger partial charge in [-0.1, -0.05) is 17.3 Å². The summed E-state index contributed by atoms with van der Waals surface area (Å²) in [5.41, 5.74) is 2.54. The van der Waals surface area contributed by atoms with Gasteiger partial charge in [0, 0.05) is 24.4 Å². The van der Waals surface area contributed by atoms with E-state index in [4.69, 9.17) is 4.52 Å². The van der Waals surface area contributed by atoms with Crippen LogP contribution in [0.25, 0.3) is 17.0 Å². The number of fused-ring (bicyclic) bond motifs is 1. The molecule has 5 rings (SSSR count). The summed E-state index contributed by atoms with van der Waals surface area (Å²) in [6.07, 6.45) is 5.95. The van der Waals surface area contributed by atoms with Gasteiger partial charge in [0.05, 0.1) is 12.2 Å². The first-order chi connectivity index (χ1) is 13.4. The molecule has 27 heavy (non-hydrogen) atoms. The van der Waals surface area contributed by atoms with E-state index in [2.05, 4.69) is 29.6 Å². The van der Waals surface area contributed by atoms with Crippen molar-refractivity contribution in [2.24, 2.45) is 0 Å². The fourth-order valence-electron chi connectivity index (χ4n) is 3.73. The molecular weight excluding hydrogens is 340 g/mol. The lowest BCUT2D eigenvalue weighted by atomic mass is 9.96. The summed E-state index contributed by atoms with van der Waals surface area (Å²) in [6, 6.07) is 13.8. The molecule has 0 spiro atoms. The van der Waals surface area contributed by atoms with E-state index in [1.165, 1.54) is 0 Å². The summed E-state index contributed by atoms with van der Waals surface area (Å²) in [5, 5.41) is 12.9. The van der Waals surface area contributed by atoms with E-state index in [1.54, 1.807) is 6.20 Å². The molecule has 1 aliphatic rings. The van der Waals surface area contributed by atoms with Gasteiger partial charge in [-0.25, -0.2) is 0 Å². The van der Waals surface area contributed by atoms with Crippen molar-refractivity contribution in [3.63, 3.8) is 0 Å². The van der Waals surface area contributed by atoms with Gasteiger partial charge in [-0.2, -0.15) is 0 Å². The zero-order valence-corrected chi connectivity index (χ0v) is 14.9. The number of pyridine rings is 2. The van der Waals surface area contributed by atoms with Crippen LogP contribution in [0.3, 0.4) is 0 Å². The van der Waals surface area contributed by atoms with E-state index < -0.39 is 0 Å². The number of hydrogen-bond acceptors (Lipinski definition) is 6. The second-order valence-electron chi connectivity index (χ2n) is 6.93. The first-order valence-electron chi connectivity index (χ1n) is 9.26.